The molecule has 0 spiro atoms. The first-order valence-corrected chi connectivity index (χ1v) is 13.9. The number of pyridine rings is 1. The van der Waals surface area contributed by atoms with E-state index in [1.807, 2.05) is 48.7 Å². The monoisotopic (exact) mass is 543 g/mol. The molecule has 0 atom stereocenters. The molecule has 0 aliphatic carbocycles. The molecule has 3 heteroatoms. The molecule has 7 aromatic carbocycles. The van der Waals surface area contributed by atoms with Gasteiger partial charge in [0.05, 0.1) is 5.52 Å². The summed E-state index contributed by atoms with van der Waals surface area (Å²) in [6.45, 7) is 0. The molecular formula is C39H23F2N. The Kier molecular flexibility index (Phi) is 5.58. The molecule has 0 fully saturated rings. The van der Waals surface area contributed by atoms with Crippen LogP contribution in [0.15, 0.2) is 140 Å². The van der Waals surface area contributed by atoms with Gasteiger partial charge in [0.25, 0.3) is 0 Å². The molecule has 8 rings (SSSR count). The number of hydrogen-bond donors (Lipinski definition) is 0. The minimum Gasteiger partial charge on any atom is -0.256 e. The maximum atomic E-state index is 14.1. The number of hydrogen-bond acceptors (Lipinski definition) is 1. The zero-order valence-electron chi connectivity index (χ0n) is 22.5. The third kappa shape index (κ3) is 3.86. The molecule has 0 aliphatic heterocycles. The number of benzene rings is 7. The zero-order chi connectivity index (χ0) is 28.2. The quantitative estimate of drug-likeness (QED) is 0.160. The second kappa shape index (κ2) is 9.60. The van der Waals surface area contributed by atoms with Crippen LogP contribution in [0.2, 0.25) is 0 Å². The van der Waals surface area contributed by atoms with E-state index in [0.29, 0.717) is 0 Å². The van der Waals surface area contributed by atoms with Crippen molar-refractivity contribution in [3.8, 4) is 33.4 Å². The number of nitrogens with zero attached hydrogens (tertiary/aromatic N) is 1. The number of fused-ring (bicyclic) bond motifs is 5. The first-order valence-electron chi connectivity index (χ1n) is 13.9. The van der Waals surface area contributed by atoms with Crippen molar-refractivity contribution >= 4 is 43.2 Å². The molecule has 1 heterocycles. The highest BCUT2D eigenvalue weighted by molar-refractivity contribution is 6.22. The maximum absolute atomic E-state index is 14.1. The Hall–Kier alpha value is -5.41. The number of halogens is 2. The van der Waals surface area contributed by atoms with Crippen LogP contribution in [0.1, 0.15) is 0 Å². The Balaban J connectivity index is 1.52. The molecule has 0 aliphatic rings. The van der Waals surface area contributed by atoms with Crippen molar-refractivity contribution < 1.29 is 8.78 Å². The van der Waals surface area contributed by atoms with Gasteiger partial charge in [-0.05, 0) is 108 Å². The average molecular weight is 544 g/mol. The summed E-state index contributed by atoms with van der Waals surface area (Å²) in [4.78, 5) is 4.69. The molecule has 8 aromatic rings. The molecule has 1 nitrogen and oxygen atoms in total. The van der Waals surface area contributed by atoms with Gasteiger partial charge in [-0.25, -0.2) is 8.78 Å². The van der Waals surface area contributed by atoms with Gasteiger partial charge in [-0.15, -0.1) is 0 Å². The lowest BCUT2D eigenvalue weighted by molar-refractivity contribution is 0.627. The number of aromatic nitrogens is 1. The molecular weight excluding hydrogens is 520 g/mol. The highest BCUT2D eigenvalue weighted by atomic mass is 19.1. The molecule has 0 saturated carbocycles. The van der Waals surface area contributed by atoms with Crippen LogP contribution in [-0.2, 0) is 0 Å². The molecule has 0 N–H and O–H groups in total. The van der Waals surface area contributed by atoms with E-state index in [2.05, 4.69) is 71.7 Å². The zero-order valence-corrected chi connectivity index (χ0v) is 22.5. The minimum absolute atomic E-state index is 0.269. The van der Waals surface area contributed by atoms with E-state index in [4.69, 9.17) is 0 Å². The van der Waals surface area contributed by atoms with Crippen LogP contribution in [0.5, 0.6) is 0 Å². The molecule has 0 bridgehead atoms. The second-order valence-electron chi connectivity index (χ2n) is 10.6. The van der Waals surface area contributed by atoms with Gasteiger partial charge in [-0.2, -0.15) is 0 Å². The first kappa shape index (κ1) is 24.4. The van der Waals surface area contributed by atoms with Crippen LogP contribution in [0.25, 0.3) is 76.6 Å². The second-order valence-corrected chi connectivity index (χ2v) is 10.6. The van der Waals surface area contributed by atoms with E-state index in [1.165, 1.54) is 24.3 Å². The summed E-state index contributed by atoms with van der Waals surface area (Å²) in [7, 11) is 0. The average Bonchev–Trinajstić information content (AvgIpc) is 3.04. The molecule has 198 valence electrons. The largest absolute Gasteiger partial charge is 0.256 e. The predicted molar refractivity (Wildman–Crippen MR) is 170 cm³/mol. The van der Waals surface area contributed by atoms with E-state index < -0.39 is 0 Å². The lowest BCUT2D eigenvalue weighted by atomic mass is 9.84. The van der Waals surface area contributed by atoms with Gasteiger partial charge in [0.1, 0.15) is 11.6 Å². The molecule has 0 amide bonds. The third-order valence-electron chi connectivity index (χ3n) is 8.23. The van der Waals surface area contributed by atoms with Gasteiger partial charge in [0, 0.05) is 11.6 Å². The van der Waals surface area contributed by atoms with Crippen molar-refractivity contribution in [1.29, 1.82) is 0 Å². The van der Waals surface area contributed by atoms with Crippen molar-refractivity contribution in [3.05, 3.63) is 151 Å². The van der Waals surface area contributed by atoms with Gasteiger partial charge in [-0.1, -0.05) is 91.0 Å². The summed E-state index contributed by atoms with van der Waals surface area (Å²) in [6, 6.07) is 42.9. The van der Waals surface area contributed by atoms with E-state index in [9.17, 15) is 8.78 Å². The van der Waals surface area contributed by atoms with Gasteiger partial charge in [0.15, 0.2) is 0 Å². The first-order chi connectivity index (χ1) is 20.7. The normalized spacial score (nSPS) is 11.6. The Labute approximate surface area is 241 Å². The summed E-state index contributed by atoms with van der Waals surface area (Å²) >= 11 is 0. The third-order valence-corrected chi connectivity index (χ3v) is 8.23. The summed E-state index contributed by atoms with van der Waals surface area (Å²) in [6.07, 6.45) is 1.83. The Morgan fingerprint density at radius 2 is 0.881 bits per heavy atom. The fourth-order valence-corrected chi connectivity index (χ4v) is 6.37. The molecule has 42 heavy (non-hydrogen) atoms. The summed E-state index contributed by atoms with van der Waals surface area (Å²) < 4.78 is 28.1. The summed E-state index contributed by atoms with van der Waals surface area (Å²) in [5.74, 6) is -0.541. The van der Waals surface area contributed by atoms with Crippen LogP contribution in [-0.4, -0.2) is 4.98 Å². The predicted octanol–water partition coefficient (Wildman–Crippen LogP) is 11.0. The van der Waals surface area contributed by atoms with Gasteiger partial charge < -0.3 is 0 Å². The van der Waals surface area contributed by atoms with Gasteiger partial charge in [0.2, 0.25) is 0 Å². The van der Waals surface area contributed by atoms with Crippen molar-refractivity contribution in [2.45, 2.75) is 0 Å². The van der Waals surface area contributed by atoms with Crippen LogP contribution in [0.3, 0.4) is 0 Å². The Bertz CT molecular complexity index is 2300. The van der Waals surface area contributed by atoms with E-state index >= 15 is 0 Å². The van der Waals surface area contributed by atoms with Crippen molar-refractivity contribution in [1.82, 2.24) is 4.98 Å². The van der Waals surface area contributed by atoms with Gasteiger partial charge >= 0.3 is 0 Å². The SMILES string of the molecule is Fc1ccc(-c2c3ccccc3c(-c3ccc(F)cc3)c3cc(-c4cc5ncccc5c5ccccc45)ccc23)cc1. The highest BCUT2D eigenvalue weighted by Gasteiger charge is 2.18. The maximum Gasteiger partial charge on any atom is 0.123 e. The summed E-state index contributed by atoms with van der Waals surface area (Å²) in [5.41, 5.74) is 7.06. The van der Waals surface area contributed by atoms with E-state index in [1.54, 1.807) is 0 Å². The van der Waals surface area contributed by atoms with Crippen LogP contribution in [0.4, 0.5) is 8.78 Å². The number of rotatable bonds is 3. The molecule has 0 unspecified atom stereocenters. The van der Waals surface area contributed by atoms with Gasteiger partial charge in [-0.3, -0.25) is 4.98 Å². The fraction of sp³-hybridized carbons (Fsp3) is 0. The lowest BCUT2D eigenvalue weighted by Crippen LogP contribution is -1.92. The van der Waals surface area contributed by atoms with Crippen molar-refractivity contribution in [2.24, 2.45) is 0 Å². The smallest absolute Gasteiger partial charge is 0.123 e. The fourth-order valence-electron chi connectivity index (χ4n) is 6.37. The molecule has 0 saturated heterocycles. The van der Waals surface area contributed by atoms with Crippen molar-refractivity contribution in [3.63, 3.8) is 0 Å². The Morgan fingerprint density at radius 3 is 1.52 bits per heavy atom. The standard InChI is InChI=1S/C39H23F2N/c40-27-16-11-24(12-17-27)38-32-8-3-4-9-33(32)39(25-13-18-28(41)19-14-25)36-22-26(15-20-34(36)38)35-23-37-31(10-5-21-42-37)29-6-1-2-7-30(29)35/h1-23H. The Morgan fingerprint density at radius 1 is 0.381 bits per heavy atom. The molecule has 0 radical (unpaired) electrons. The van der Waals surface area contributed by atoms with Crippen molar-refractivity contribution in [2.75, 3.05) is 0 Å². The van der Waals surface area contributed by atoms with Crippen LogP contribution in [0, 0.1) is 11.6 Å². The van der Waals surface area contributed by atoms with E-state index in [0.717, 1.165) is 76.6 Å². The van der Waals surface area contributed by atoms with Crippen LogP contribution < -0.4 is 0 Å². The molecule has 1 aromatic heterocycles. The topological polar surface area (TPSA) is 12.9 Å². The summed E-state index contributed by atoms with van der Waals surface area (Å²) in [5, 5.41) is 7.63. The van der Waals surface area contributed by atoms with Crippen LogP contribution >= 0.6 is 0 Å². The lowest BCUT2D eigenvalue weighted by Gasteiger charge is -2.19. The highest BCUT2D eigenvalue weighted by Crippen LogP contribution is 2.45. The van der Waals surface area contributed by atoms with E-state index in [-0.39, 0.29) is 11.6 Å². The minimum atomic E-state index is -0.272.